The number of hydrogen-bond donors (Lipinski definition) is 2. The molecule has 0 aromatic carbocycles. The van der Waals surface area contributed by atoms with Crippen molar-refractivity contribution >= 4 is 17.5 Å². The third kappa shape index (κ3) is 3.64. The predicted molar refractivity (Wildman–Crippen MR) is 109 cm³/mol. The van der Waals surface area contributed by atoms with Crippen molar-refractivity contribution in [2.75, 3.05) is 24.6 Å². The largest absolute Gasteiger partial charge is 0.384 e. The van der Waals surface area contributed by atoms with E-state index in [0.29, 0.717) is 30.3 Å². The molecule has 7 nitrogen and oxygen atoms in total. The average molecular weight is 374 g/mol. The minimum absolute atomic E-state index is 0.0226. The maximum atomic E-state index is 12.7. The normalized spacial score (nSPS) is 16.3. The molecule has 0 aliphatic carbocycles. The van der Waals surface area contributed by atoms with Gasteiger partial charge in [-0.15, -0.1) is 0 Å². The maximum Gasteiger partial charge on any atom is 0.255 e. The molecule has 0 spiro atoms. The van der Waals surface area contributed by atoms with E-state index < -0.39 is 0 Å². The molecule has 1 saturated heterocycles. The Kier molecular flexibility index (Phi) is 4.65. The zero-order valence-corrected chi connectivity index (χ0v) is 15.7. The molecule has 0 saturated carbocycles. The lowest BCUT2D eigenvalue weighted by Crippen LogP contribution is -2.28. The number of carbonyl (C=O) groups excluding carboxylic acids is 1. The first-order chi connectivity index (χ1) is 13.5. The quantitative estimate of drug-likeness (QED) is 0.729. The summed E-state index contributed by atoms with van der Waals surface area (Å²) in [4.78, 5) is 27.5. The van der Waals surface area contributed by atoms with Crippen LogP contribution < -0.4 is 11.5 Å². The number of nitrogens with zero attached hydrogens (tertiary/aromatic N) is 4. The van der Waals surface area contributed by atoms with Crippen LogP contribution in [0.2, 0.25) is 0 Å². The van der Waals surface area contributed by atoms with Gasteiger partial charge in [0.1, 0.15) is 11.6 Å². The third-order valence-corrected chi connectivity index (χ3v) is 5.02. The summed E-state index contributed by atoms with van der Waals surface area (Å²) in [6.45, 7) is 3.32. The van der Waals surface area contributed by atoms with Crippen LogP contribution in [0.4, 0.5) is 11.6 Å². The monoisotopic (exact) mass is 374 g/mol. The van der Waals surface area contributed by atoms with E-state index in [-0.39, 0.29) is 11.8 Å². The first-order valence-corrected chi connectivity index (χ1v) is 9.21. The molecule has 1 aliphatic rings. The smallest absolute Gasteiger partial charge is 0.255 e. The zero-order valence-electron chi connectivity index (χ0n) is 15.7. The first-order valence-electron chi connectivity index (χ1n) is 9.21. The van der Waals surface area contributed by atoms with E-state index in [2.05, 4.69) is 16.0 Å². The van der Waals surface area contributed by atoms with Crippen molar-refractivity contribution in [2.24, 2.45) is 0 Å². The van der Waals surface area contributed by atoms with Gasteiger partial charge >= 0.3 is 0 Å². The molecule has 1 aliphatic heterocycles. The molecule has 28 heavy (non-hydrogen) atoms. The topological polar surface area (TPSA) is 111 Å². The molecular weight excluding hydrogens is 352 g/mol. The summed E-state index contributed by atoms with van der Waals surface area (Å²) in [5, 5.41) is 0. The Balaban J connectivity index is 1.54. The van der Waals surface area contributed by atoms with E-state index in [1.807, 2.05) is 24.0 Å². The van der Waals surface area contributed by atoms with E-state index >= 15 is 0 Å². The molecule has 1 fully saturated rings. The SMILES string of the molecule is Cc1cc(-c2ccc(N)nc2)cc([C@@H]2CCN(C(=O)c3ccc(N)nc3)C2)n1. The summed E-state index contributed by atoms with van der Waals surface area (Å²) in [5.74, 6) is 1.08. The second-order valence-corrected chi connectivity index (χ2v) is 7.10. The predicted octanol–water partition coefficient (Wildman–Crippen LogP) is 2.64. The maximum absolute atomic E-state index is 12.7. The van der Waals surface area contributed by atoms with Gasteiger partial charge in [0.2, 0.25) is 0 Å². The number of hydrogen-bond acceptors (Lipinski definition) is 6. The fraction of sp³-hybridized carbons (Fsp3) is 0.238. The van der Waals surface area contributed by atoms with Gasteiger partial charge in [-0.25, -0.2) is 9.97 Å². The van der Waals surface area contributed by atoms with Gasteiger partial charge in [0.05, 0.1) is 5.56 Å². The van der Waals surface area contributed by atoms with Crippen molar-refractivity contribution in [3.05, 3.63) is 65.7 Å². The van der Waals surface area contributed by atoms with Gasteiger partial charge in [0.25, 0.3) is 5.91 Å². The summed E-state index contributed by atoms with van der Waals surface area (Å²) < 4.78 is 0. The van der Waals surface area contributed by atoms with Gasteiger partial charge in [-0.3, -0.25) is 9.78 Å². The Morgan fingerprint density at radius 2 is 1.79 bits per heavy atom. The molecule has 1 atom stereocenters. The Morgan fingerprint density at radius 1 is 1.04 bits per heavy atom. The molecule has 7 heteroatoms. The summed E-state index contributed by atoms with van der Waals surface area (Å²) in [7, 11) is 0. The number of carbonyl (C=O) groups is 1. The van der Waals surface area contributed by atoms with E-state index in [1.165, 1.54) is 6.20 Å². The summed E-state index contributed by atoms with van der Waals surface area (Å²) >= 11 is 0. The van der Waals surface area contributed by atoms with E-state index in [4.69, 9.17) is 16.5 Å². The number of anilines is 2. The van der Waals surface area contributed by atoms with Crippen molar-refractivity contribution in [3.63, 3.8) is 0 Å². The second kappa shape index (κ2) is 7.26. The van der Waals surface area contributed by atoms with Crippen molar-refractivity contribution in [2.45, 2.75) is 19.3 Å². The Labute approximate surface area is 163 Å². The van der Waals surface area contributed by atoms with Crippen LogP contribution in [0.5, 0.6) is 0 Å². The van der Waals surface area contributed by atoms with Crippen molar-refractivity contribution in [1.29, 1.82) is 0 Å². The second-order valence-electron chi connectivity index (χ2n) is 7.10. The van der Waals surface area contributed by atoms with Crippen LogP contribution >= 0.6 is 0 Å². The molecule has 1 amide bonds. The number of aryl methyl sites for hydroxylation is 1. The van der Waals surface area contributed by atoms with Gasteiger partial charge in [-0.1, -0.05) is 0 Å². The van der Waals surface area contributed by atoms with Gasteiger partial charge in [0.15, 0.2) is 0 Å². The van der Waals surface area contributed by atoms with Crippen LogP contribution in [0, 0.1) is 6.92 Å². The molecule has 4 N–H and O–H groups in total. The molecular formula is C21H22N6O. The number of amides is 1. The minimum atomic E-state index is -0.0226. The Hall–Kier alpha value is -3.48. The first kappa shape index (κ1) is 17.9. The molecule has 0 bridgehead atoms. The fourth-order valence-corrected chi connectivity index (χ4v) is 3.55. The van der Waals surface area contributed by atoms with Crippen LogP contribution in [-0.4, -0.2) is 38.8 Å². The lowest BCUT2D eigenvalue weighted by Gasteiger charge is -2.17. The third-order valence-electron chi connectivity index (χ3n) is 5.02. The van der Waals surface area contributed by atoms with Crippen molar-refractivity contribution < 1.29 is 4.79 Å². The number of pyridine rings is 3. The molecule has 0 radical (unpaired) electrons. The highest BCUT2D eigenvalue weighted by Crippen LogP contribution is 2.30. The fourth-order valence-electron chi connectivity index (χ4n) is 3.55. The van der Waals surface area contributed by atoms with Crippen LogP contribution in [0.1, 0.15) is 34.1 Å². The van der Waals surface area contributed by atoms with E-state index in [9.17, 15) is 4.79 Å². The molecule has 4 heterocycles. The Bertz CT molecular complexity index is 1000. The molecule has 142 valence electrons. The van der Waals surface area contributed by atoms with Crippen molar-refractivity contribution in [1.82, 2.24) is 19.9 Å². The van der Waals surface area contributed by atoms with Crippen LogP contribution in [0.15, 0.2) is 48.8 Å². The minimum Gasteiger partial charge on any atom is -0.384 e. The highest BCUT2D eigenvalue weighted by molar-refractivity contribution is 5.94. The summed E-state index contributed by atoms with van der Waals surface area (Å²) in [6, 6.07) is 11.2. The van der Waals surface area contributed by atoms with Gasteiger partial charge in [-0.05, 0) is 55.3 Å². The molecule has 4 rings (SSSR count). The standard InChI is InChI=1S/C21H22N6O/c1-13-8-17(14-2-4-19(22)24-10-14)9-18(26-13)16-6-7-27(12-16)21(28)15-3-5-20(23)25-11-15/h2-5,8-11,16H,6-7,12H2,1H3,(H2,22,24)(H2,23,25)/t16-/m1/s1. The van der Waals surface area contributed by atoms with Gasteiger partial charge in [-0.2, -0.15) is 0 Å². The number of nitrogen functional groups attached to an aromatic ring is 2. The van der Waals surface area contributed by atoms with E-state index in [1.54, 1.807) is 24.4 Å². The van der Waals surface area contributed by atoms with E-state index in [0.717, 1.165) is 28.9 Å². The summed E-state index contributed by atoms with van der Waals surface area (Å²) in [6.07, 6.45) is 4.18. The molecule has 3 aromatic heterocycles. The molecule has 0 unspecified atom stereocenters. The highest BCUT2D eigenvalue weighted by atomic mass is 16.2. The van der Waals surface area contributed by atoms with Gasteiger partial charge in [0, 0.05) is 48.4 Å². The number of rotatable bonds is 3. The lowest BCUT2D eigenvalue weighted by molar-refractivity contribution is 0.0790. The number of aromatic nitrogens is 3. The average Bonchev–Trinajstić information content (AvgIpc) is 3.18. The van der Waals surface area contributed by atoms with Crippen LogP contribution in [-0.2, 0) is 0 Å². The van der Waals surface area contributed by atoms with Crippen molar-refractivity contribution in [3.8, 4) is 11.1 Å². The lowest BCUT2D eigenvalue weighted by atomic mass is 9.99. The number of likely N-dealkylation sites (tertiary alicyclic amines) is 1. The number of nitrogens with two attached hydrogens (primary N) is 2. The summed E-state index contributed by atoms with van der Waals surface area (Å²) in [5.41, 5.74) is 15.9. The zero-order chi connectivity index (χ0) is 19.7. The molecule has 3 aromatic rings. The highest BCUT2D eigenvalue weighted by Gasteiger charge is 2.29. The van der Waals surface area contributed by atoms with Crippen LogP contribution in [0.25, 0.3) is 11.1 Å². The Morgan fingerprint density at radius 3 is 2.46 bits per heavy atom. The van der Waals surface area contributed by atoms with Crippen LogP contribution in [0.3, 0.4) is 0 Å². The van der Waals surface area contributed by atoms with Gasteiger partial charge < -0.3 is 16.4 Å².